The second-order valence-corrected chi connectivity index (χ2v) is 8.08. The lowest BCUT2D eigenvalue weighted by atomic mass is 9.96. The van der Waals surface area contributed by atoms with Gasteiger partial charge in [-0.3, -0.25) is 14.9 Å². The first-order chi connectivity index (χ1) is 11.9. The van der Waals surface area contributed by atoms with Gasteiger partial charge in [-0.25, -0.2) is 0 Å². The number of benzene rings is 1. The standard InChI is InChI=1S/C18H27N3O3S/c1-13(2)7-10-25-17-4-3-15(11-16(17)21(23)24)18(22)20-8-5-14(12-19)6-9-20/h3-4,11,13-14H,5-10,12,19H2,1-2H3. The minimum absolute atomic E-state index is 0.0245. The number of nitro benzene ring substituents is 1. The monoisotopic (exact) mass is 365 g/mol. The van der Waals surface area contributed by atoms with Crippen molar-refractivity contribution in [2.24, 2.45) is 17.6 Å². The van der Waals surface area contributed by atoms with Crippen molar-refractivity contribution in [3.63, 3.8) is 0 Å². The van der Waals surface area contributed by atoms with Gasteiger partial charge in [0.15, 0.2) is 0 Å². The first-order valence-corrected chi connectivity index (χ1v) is 9.81. The molecule has 0 saturated carbocycles. The quantitative estimate of drug-likeness (QED) is 0.453. The van der Waals surface area contributed by atoms with Crippen LogP contribution in [0.4, 0.5) is 5.69 Å². The van der Waals surface area contributed by atoms with Crippen LogP contribution in [0.25, 0.3) is 0 Å². The van der Waals surface area contributed by atoms with E-state index in [0.717, 1.165) is 25.0 Å². The van der Waals surface area contributed by atoms with Gasteiger partial charge in [0.25, 0.3) is 11.6 Å². The Kier molecular flexibility index (Phi) is 7.25. The lowest BCUT2D eigenvalue weighted by Gasteiger charge is -2.31. The molecule has 1 fully saturated rings. The summed E-state index contributed by atoms with van der Waals surface area (Å²) in [6.07, 6.45) is 2.79. The largest absolute Gasteiger partial charge is 0.339 e. The molecule has 2 N–H and O–H groups in total. The Bertz CT molecular complexity index is 614. The number of thioether (sulfide) groups is 1. The van der Waals surface area contributed by atoms with Crippen molar-refractivity contribution >= 4 is 23.4 Å². The van der Waals surface area contributed by atoms with Gasteiger partial charge in [-0.2, -0.15) is 0 Å². The Morgan fingerprint density at radius 3 is 2.64 bits per heavy atom. The molecule has 1 aliphatic rings. The van der Waals surface area contributed by atoms with Crippen LogP contribution in [0.5, 0.6) is 0 Å². The molecule has 0 aromatic heterocycles. The highest BCUT2D eigenvalue weighted by Gasteiger charge is 2.25. The lowest BCUT2D eigenvalue weighted by molar-refractivity contribution is -0.387. The van der Waals surface area contributed by atoms with Crippen LogP contribution in [-0.2, 0) is 0 Å². The number of hydrogen-bond donors (Lipinski definition) is 1. The van der Waals surface area contributed by atoms with Crippen molar-refractivity contribution in [3.05, 3.63) is 33.9 Å². The fourth-order valence-electron chi connectivity index (χ4n) is 2.87. The third-order valence-corrected chi connectivity index (χ3v) is 5.69. The summed E-state index contributed by atoms with van der Waals surface area (Å²) >= 11 is 1.48. The average Bonchev–Trinajstić information content (AvgIpc) is 2.61. The van der Waals surface area contributed by atoms with E-state index in [0.29, 0.717) is 41.9 Å². The summed E-state index contributed by atoms with van der Waals surface area (Å²) in [7, 11) is 0. The first-order valence-electron chi connectivity index (χ1n) is 8.83. The molecule has 1 amide bonds. The molecule has 0 spiro atoms. The van der Waals surface area contributed by atoms with Gasteiger partial charge in [0.05, 0.1) is 9.82 Å². The number of nitrogens with two attached hydrogens (primary N) is 1. The van der Waals surface area contributed by atoms with Crippen molar-refractivity contribution in [3.8, 4) is 0 Å². The van der Waals surface area contributed by atoms with E-state index < -0.39 is 4.92 Å². The van der Waals surface area contributed by atoms with E-state index in [1.165, 1.54) is 17.8 Å². The van der Waals surface area contributed by atoms with Gasteiger partial charge in [0.2, 0.25) is 0 Å². The molecule has 1 heterocycles. The lowest BCUT2D eigenvalue weighted by Crippen LogP contribution is -2.40. The zero-order chi connectivity index (χ0) is 18.4. The van der Waals surface area contributed by atoms with Crippen LogP contribution in [0.3, 0.4) is 0 Å². The van der Waals surface area contributed by atoms with E-state index in [2.05, 4.69) is 13.8 Å². The zero-order valence-electron chi connectivity index (χ0n) is 14.9. The second kappa shape index (κ2) is 9.20. The van der Waals surface area contributed by atoms with E-state index in [9.17, 15) is 14.9 Å². The van der Waals surface area contributed by atoms with Crippen molar-refractivity contribution in [1.29, 1.82) is 0 Å². The number of nitro groups is 1. The summed E-state index contributed by atoms with van der Waals surface area (Å²) in [5.41, 5.74) is 6.10. The molecule has 1 aromatic carbocycles. The summed E-state index contributed by atoms with van der Waals surface area (Å²) in [5.74, 6) is 1.73. The molecule has 0 atom stereocenters. The van der Waals surface area contributed by atoms with Crippen molar-refractivity contribution in [2.45, 2.75) is 38.0 Å². The third kappa shape index (κ3) is 5.44. The number of likely N-dealkylation sites (tertiary alicyclic amines) is 1. The Morgan fingerprint density at radius 1 is 1.40 bits per heavy atom. The maximum absolute atomic E-state index is 12.6. The topological polar surface area (TPSA) is 89.5 Å². The Balaban J connectivity index is 2.09. The summed E-state index contributed by atoms with van der Waals surface area (Å²) in [6, 6.07) is 4.85. The number of amides is 1. The summed E-state index contributed by atoms with van der Waals surface area (Å²) < 4.78 is 0. The van der Waals surface area contributed by atoms with Crippen LogP contribution in [0, 0.1) is 22.0 Å². The number of carbonyl (C=O) groups is 1. The van der Waals surface area contributed by atoms with Crippen LogP contribution in [0.15, 0.2) is 23.1 Å². The van der Waals surface area contributed by atoms with Gasteiger partial charge < -0.3 is 10.6 Å². The Hall–Kier alpha value is -1.60. The molecule has 2 rings (SSSR count). The molecule has 7 heteroatoms. The first kappa shape index (κ1) is 19.7. The zero-order valence-corrected chi connectivity index (χ0v) is 15.8. The highest BCUT2D eigenvalue weighted by molar-refractivity contribution is 7.99. The fraction of sp³-hybridized carbons (Fsp3) is 0.611. The van der Waals surface area contributed by atoms with Gasteiger partial charge in [0, 0.05) is 24.7 Å². The number of rotatable bonds is 7. The second-order valence-electron chi connectivity index (χ2n) is 6.94. The van der Waals surface area contributed by atoms with E-state index in [1.54, 1.807) is 17.0 Å². The van der Waals surface area contributed by atoms with Crippen molar-refractivity contribution in [1.82, 2.24) is 4.90 Å². The molecule has 6 nitrogen and oxygen atoms in total. The van der Waals surface area contributed by atoms with Crippen LogP contribution in [-0.4, -0.2) is 41.1 Å². The molecule has 1 saturated heterocycles. The highest BCUT2D eigenvalue weighted by atomic mass is 32.2. The third-order valence-electron chi connectivity index (χ3n) is 4.59. The molecule has 1 aromatic rings. The molecule has 0 bridgehead atoms. The van der Waals surface area contributed by atoms with Crippen LogP contribution < -0.4 is 5.73 Å². The maximum atomic E-state index is 12.6. The molecular formula is C18H27N3O3S. The van der Waals surface area contributed by atoms with Gasteiger partial charge in [-0.15, -0.1) is 11.8 Å². The molecule has 0 radical (unpaired) electrons. The van der Waals surface area contributed by atoms with Gasteiger partial charge in [-0.1, -0.05) is 13.8 Å². The van der Waals surface area contributed by atoms with E-state index in [1.807, 2.05) is 0 Å². The highest BCUT2D eigenvalue weighted by Crippen LogP contribution is 2.31. The molecule has 1 aliphatic heterocycles. The van der Waals surface area contributed by atoms with Gasteiger partial charge in [0.1, 0.15) is 0 Å². The SMILES string of the molecule is CC(C)CCSc1ccc(C(=O)N2CCC(CN)CC2)cc1[N+](=O)[O-]. The van der Waals surface area contributed by atoms with E-state index >= 15 is 0 Å². The molecule has 138 valence electrons. The molecule has 25 heavy (non-hydrogen) atoms. The predicted octanol–water partition coefficient (Wildman–Crippen LogP) is 3.54. The van der Waals surface area contributed by atoms with Gasteiger partial charge >= 0.3 is 0 Å². The van der Waals surface area contributed by atoms with Crippen LogP contribution in [0.2, 0.25) is 0 Å². The van der Waals surface area contributed by atoms with Crippen molar-refractivity contribution < 1.29 is 9.72 Å². The van der Waals surface area contributed by atoms with Crippen LogP contribution in [0.1, 0.15) is 43.5 Å². The molecular weight excluding hydrogens is 338 g/mol. The van der Waals surface area contributed by atoms with Gasteiger partial charge in [-0.05, 0) is 55.5 Å². The Labute approximate surface area is 153 Å². The van der Waals surface area contributed by atoms with E-state index in [4.69, 9.17) is 5.73 Å². The Morgan fingerprint density at radius 2 is 2.08 bits per heavy atom. The summed E-state index contributed by atoms with van der Waals surface area (Å²) in [5, 5.41) is 11.4. The molecule has 0 aliphatic carbocycles. The number of nitrogens with zero attached hydrogens (tertiary/aromatic N) is 2. The number of piperidine rings is 1. The predicted molar refractivity (Wildman–Crippen MR) is 101 cm³/mol. The average molecular weight is 365 g/mol. The summed E-state index contributed by atoms with van der Waals surface area (Å²) in [6.45, 7) is 6.24. The smallest absolute Gasteiger partial charge is 0.283 e. The summed E-state index contributed by atoms with van der Waals surface area (Å²) in [4.78, 5) is 26.1. The minimum Gasteiger partial charge on any atom is -0.339 e. The van der Waals surface area contributed by atoms with E-state index in [-0.39, 0.29) is 11.6 Å². The fourth-order valence-corrected chi connectivity index (χ4v) is 4.13. The molecule has 0 unspecified atom stereocenters. The van der Waals surface area contributed by atoms with Crippen molar-refractivity contribution in [2.75, 3.05) is 25.4 Å². The van der Waals surface area contributed by atoms with Crippen LogP contribution >= 0.6 is 11.8 Å². The normalized spacial score (nSPS) is 15.6. The number of carbonyl (C=O) groups excluding carboxylic acids is 1. The minimum atomic E-state index is -0.394. The number of hydrogen-bond acceptors (Lipinski definition) is 5. The maximum Gasteiger partial charge on any atom is 0.283 e.